The number of para-hydroxylation sites is 2. The molecular formula is C24H23N3O2S. The van der Waals surface area contributed by atoms with E-state index < -0.39 is 0 Å². The van der Waals surface area contributed by atoms with E-state index in [0.29, 0.717) is 0 Å². The standard InChI is InChI=1S/C24H23N3O2S/c1-16-11-12-19(14-17(16)2)21-15-30-24(25-20-8-5-6-9-23(20)28-4)27(21)26-18(3)22-10-7-13-29-22/h5-15H,1-4H3/b25-24?,26-18+. The number of furan rings is 1. The maximum atomic E-state index is 5.53. The van der Waals surface area contributed by atoms with Crippen LogP contribution in [0.1, 0.15) is 23.8 Å². The molecule has 0 aliphatic rings. The molecule has 4 rings (SSSR count). The monoisotopic (exact) mass is 417 g/mol. The molecule has 0 fully saturated rings. The fourth-order valence-electron chi connectivity index (χ4n) is 3.08. The Morgan fingerprint density at radius 2 is 1.87 bits per heavy atom. The number of ether oxygens (including phenoxy) is 1. The fourth-order valence-corrected chi connectivity index (χ4v) is 3.92. The molecule has 0 saturated heterocycles. The number of hydrogen-bond acceptors (Lipinski definition) is 5. The lowest BCUT2D eigenvalue weighted by Gasteiger charge is -2.08. The van der Waals surface area contributed by atoms with E-state index in [9.17, 15) is 0 Å². The minimum absolute atomic E-state index is 0.719. The molecule has 0 spiro atoms. The third-order valence-electron chi connectivity index (χ3n) is 4.92. The van der Waals surface area contributed by atoms with Crippen molar-refractivity contribution >= 4 is 22.7 Å². The highest BCUT2D eigenvalue weighted by molar-refractivity contribution is 7.07. The first kappa shape index (κ1) is 19.9. The number of nitrogens with zero attached hydrogens (tertiary/aromatic N) is 3. The van der Waals surface area contributed by atoms with Gasteiger partial charge < -0.3 is 9.15 Å². The molecule has 0 bridgehead atoms. The van der Waals surface area contributed by atoms with E-state index in [0.717, 1.165) is 39.0 Å². The average molecular weight is 418 g/mol. The van der Waals surface area contributed by atoms with Crippen molar-refractivity contribution in [2.45, 2.75) is 20.8 Å². The van der Waals surface area contributed by atoms with Gasteiger partial charge in [0.15, 0.2) is 0 Å². The van der Waals surface area contributed by atoms with Crippen molar-refractivity contribution in [1.82, 2.24) is 4.68 Å². The molecule has 0 N–H and O–H groups in total. The molecule has 0 unspecified atom stereocenters. The Bertz CT molecular complexity index is 1260. The summed E-state index contributed by atoms with van der Waals surface area (Å²) in [4.78, 5) is 5.60. The van der Waals surface area contributed by atoms with Gasteiger partial charge in [0, 0.05) is 10.9 Å². The summed E-state index contributed by atoms with van der Waals surface area (Å²) in [5, 5.41) is 6.94. The molecule has 30 heavy (non-hydrogen) atoms. The van der Waals surface area contributed by atoms with Gasteiger partial charge in [0.1, 0.15) is 22.9 Å². The van der Waals surface area contributed by atoms with E-state index in [-0.39, 0.29) is 0 Å². The molecule has 5 nitrogen and oxygen atoms in total. The number of rotatable bonds is 5. The van der Waals surface area contributed by atoms with E-state index in [1.54, 1.807) is 13.4 Å². The van der Waals surface area contributed by atoms with Crippen LogP contribution in [0.15, 0.2) is 80.8 Å². The smallest absolute Gasteiger partial charge is 0.211 e. The van der Waals surface area contributed by atoms with E-state index in [1.807, 2.05) is 48.0 Å². The normalized spacial score (nSPS) is 12.4. The van der Waals surface area contributed by atoms with E-state index in [2.05, 4.69) is 37.4 Å². The molecule has 0 atom stereocenters. The summed E-state index contributed by atoms with van der Waals surface area (Å²) < 4.78 is 12.9. The quantitative estimate of drug-likeness (QED) is 0.377. The highest BCUT2D eigenvalue weighted by atomic mass is 32.1. The van der Waals surface area contributed by atoms with Crippen LogP contribution in [0, 0.1) is 13.8 Å². The lowest BCUT2D eigenvalue weighted by molar-refractivity contribution is 0.416. The van der Waals surface area contributed by atoms with Crippen molar-refractivity contribution < 1.29 is 9.15 Å². The third kappa shape index (κ3) is 4.00. The maximum Gasteiger partial charge on any atom is 0.211 e. The number of hydrogen-bond donors (Lipinski definition) is 0. The summed E-state index contributed by atoms with van der Waals surface area (Å²) >= 11 is 1.54. The van der Waals surface area contributed by atoms with Gasteiger partial charge in [-0.05, 0) is 62.2 Å². The topological polar surface area (TPSA) is 52.0 Å². The van der Waals surface area contributed by atoms with Crippen molar-refractivity contribution in [2.24, 2.45) is 10.1 Å². The molecule has 0 amide bonds. The Hall–Kier alpha value is -3.38. The van der Waals surface area contributed by atoms with Gasteiger partial charge in [-0.3, -0.25) is 0 Å². The van der Waals surface area contributed by atoms with Gasteiger partial charge in [-0.2, -0.15) is 5.10 Å². The molecule has 2 aromatic carbocycles. The van der Waals surface area contributed by atoms with Gasteiger partial charge in [-0.25, -0.2) is 9.67 Å². The van der Waals surface area contributed by atoms with Crippen LogP contribution >= 0.6 is 11.3 Å². The van der Waals surface area contributed by atoms with Crippen molar-refractivity contribution in [3.05, 3.63) is 87.9 Å². The van der Waals surface area contributed by atoms with Crippen molar-refractivity contribution in [1.29, 1.82) is 0 Å². The zero-order chi connectivity index (χ0) is 21.1. The van der Waals surface area contributed by atoms with Crippen LogP contribution in [-0.4, -0.2) is 17.5 Å². The largest absolute Gasteiger partial charge is 0.494 e. The molecule has 6 heteroatoms. The molecule has 0 aliphatic carbocycles. The summed E-state index contributed by atoms with van der Waals surface area (Å²) in [5.74, 6) is 1.44. The lowest BCUT2D eigenvalue weighted by atomic mass is 10.1. The van der Waals surface area contributed by atoms with Crippen LogP contribution in [0.2, 0.25) is 0 Å². The van der Waals surface area contributed by atoms with Crippen molar-refractivity contribution in [3.8, 4) is 17.0 Å². The second-order valence-corrected chi connectivity index (χ2v) is 7.80. The second kappa shape index (κ2) is 8.55. The van der Waals surface area contributed by atoms with Crippen LogP contribution in [0.3, 0.4) is 0 Å². The Kier molecular flexibility index (Phi) is 5.68. The van der Waals surface area contributed by atoms with Gasteiger partial charge in [-0.15, -0.1) is 11.3 Å². The molecule has 2 aromatic heterocycles. The number of benzene rings is 2. The molecule has 2 heterocycles. The predicted octanol–water partition coefficient (Wildman–Crippen LogP) is 5.94. The average Bonchev–Trinajstić information content (AvgIpc) is 3.42. The molecule has 0 saturated carbocycles. The van der Waals surface area contributed by atoms with Gasteiger partial charge in [0.05, 0.1) is 19.1 Å². The second-order valence-electron chi connectivity index (χ2n) is 6.96. The van der Waals surface area contributed by atoms with Crippen LogP contribution in [-0.2, 0) is 0 Å². The maximum absolute atomic E-state index is 5.53. The molecular weight excluding hydrogens is 394 g/mol. The first-order valence-electron chi connectivity index (χ1n) is 9.62. The number of aromatic nitrogens is 1. The SMILES string of the molecule is COc1ccccc1N=c1scc(-c2ccc(C)c(C)c2)n1/N=C(\C)c1ccco1. The Morgan fingerprint density at radius 3 is 2.60 bits per heavy atom. The Morgan fingerprint density at radius 1 is 1.03 bits per heavy atom. The van der Waals surface area contributed by atoms with Crippen LogP contribution in [0.4, 0.5) is 5.69 Å². The van der Waals surface area contributed by atoms with Crippen molar-refractivity contribution in [3.63, 3.8) is 0 Å². The number of methoxy groups -OCH3 is 1. The molecule has 4 aromatic rings. The van der Waals surface area contributed by atoms with Crippen LogP contribution in [0.5, 0.6) is 5.75 Å². The van der Waals surface area contributed by atoms with Gasteiger partial charge in [0.2, 0.25) is 4.80 Å². The van der Waals surface area contributed by atoms with E-state index in [1.165, 1.54) is 22.5 Å². The van der Waals surface area contributed by atoms with Crippen molar-refractivity contribution in [2.75, 3.05) is 7.11 Å². The summed E-state index contributed by atoms with van der Waals surface area (Å²) in [6, 6.07) is 17.9. The van der Waals surface area contributed by atoms with E-state index in [4.69, 9.17) is 19.2 Å². The van der Waals surface area contributed by atoms with Crippen LogP contribution in [0.25, 0.3) is 11.3 Å². The fraction of sp³-hybridized carbons (Fsp3) is 0.167. The zero-order valence-electron chi connectivity index (χ0n) is 17.4. The highest BCUT2D eigenvalue weighted by Crippen LogP contribution is 2.27. The number of aryl methyl sites for hydroxylation is 2. The summed E-state index contributed by atoms with van der Waals surface area (Å²) in [5.41, 5.74) is 6.09. The minimum atomic E-state index is 0.719. The summed E-state index contributed by atoms with van der Waals surface area (Å²) in [6.07, 6.45) is 1.65. The van der Waals surface area contributed by atoms with Gasteiger partial charge in [-0.1, -0.05) is 24.3 Å². The Labute approximate surface area is 179 Å². The summed E-state index contributed by atoms with van der Waals surface area (Å²) in [7, 11) is 1.65. The molecule has 0 radical (unpaired) electrons. The molecule has 152 valence electrons. The third-order valence-corrected chi connectivity index (χ3v) is 5.73. The lowest BCUT2D eigenvalue weighted by Crippen LogP contribution is -2.13. The molecule has 0 aliphatic heterocycles. The zero-order valence-corrected chi connectivity index (χ0v) is 18.2. The van der Waals surface area contributed by atoms with E-state index >= 15 is 0 Å². The predicted molar refractivity (Wildman–Crippen MR) is 122 cm³/mol. The minimum Gasteiger partial charge on any atom is -0.494 e. The van der Waals surface area contributed by atoms with Gasteiger partial charge >= 0.3 is 0 Å². The Balaban J connectivity index is 1.93. The van der Waals surface area contributed by atoms with Crippen LogP contribution < -0.4 is 9.54 Å². The summed E-state index contributed by atoms with van der Waals surface area (Å²) in [6.45, 7) is 6.16. The first-order chi connectivity index (χ1) is 14.6. The first-order valence-corrected chi connectivity index (χ1v) is 10.5. The van der Waals surface area contributed by atoms with Gasteiger partial charge in [0.25, 0.3) is 0 Å². The highest BCUT2D eigenvalue weighted by Gasteiger charge is 2.11. The number of thiazole rings is 1.